The molecule has 0 saturated carbocycles. The van der Waals surface area contributed by atoms with Crippen LogP contribution in [0.1, 0.15) is 40.6 Å². The molecule has 2 aliphatic heterocycles. The first-order valence-corrected chi connectivity index (χ1v) is 10.6. The van der Waals surface area contributed by atoms with Crippen molar-refractivity contribution < 1.29 is 27.5 Å². The van der Waals surface area contributed by atoms with Crippen LogP contribution in [0.3, 0.4) is 0 Å². The largest absolute Gasteiger partial charge is 0.454 e. The number of Topliss-reactive ketones (excluding diaryl/α,β-unsaturated/α-hetero) is 1. The molecule has 0 atom stereocenters. The van der Waals surface area contributed by atoms with Crippen LogP contribution in [-0.2, 0) is 17.1 Å². The van der Waals surface area contributed by atoms with Crippen molar-refractivity contribution in [1.29, 1.82) is 0 Å². The molecule has 9 nitrogen and oxygen atoms in total. The van der Waals surface area contributed by atoms with Crippen molar-refractivity contribution in [3.63, 3.8) is 0 Å². The van der Waals surface area contributed by atoms with Crippen molar-refractivity contribution in [2.45, 2.75) is 24.7 Å². The van der Waals surface area contributed by atoms with Crippen LogP contribution >= 0.6 is 0 Å². The molecule has 29 heavy (non-hydrogen) atoms. The first-order valence-electron chi connectivity index (χ1n) is 9.20. The first-order chi connectivity index (χ1) is 13.8. The van der Waals surface area contributed by atoms with Crippen LogP contribution in [0.2, 0.25) is 0 Å². The van der Waals surface area contributed by atoms with E-state index in [1.165, 1.54) is 40.2 Å². The van der Waals surface area contributed by atoms with Crippen molar-refractivity contribution in [3.05, 3.63) is 35.7 Å². The third kappa shape index (κ3) is 3.49. The van der Waals surface area contributed by atoms with Crippen molar-refractivity contribution >= 4 is 27.4 Å². The Hall–Kier alpha value is -2.85. The Bertz CT molecular complexity index is 1100. The van der Waals surface area contributed by atoms with Crippen molar-refractivity contribution in [2.75, 3.05) is 25.2 Å². The number of anilines is 1. The van der Waals surface area contributed by atoms with Crippen LogP contribution in [0.25, 0.3) is 0 Å². The number of aryl methyl sites for hydroxylation is 1. The number of aromatic nitrogens is 1. The molecular weight excluding hydrogens is 398 g/mol. The maximum Gasteiger partial charge on any atom is 0.272 e. The van der Waals surface area contributed by atoms with Crippen molar-refractivity contribution in [1.82, 2.24) is 8.87 Å². The SMILES string of the molecule is CC(=O)c1cc2c(cc1NC(=O)c1cc(S(=O)(=O)N3CCCC3)cn1C)OCO2. The summed E-state index contributed by atoms with van der Waals surface area (Å²) in [6.07, 6.45) is 3.09. The molecule has 1 N–H and O–H groups in total. The van der Waals surface area contributed by atoms with Gasteiger partial charge in [0.15, 0.2) is 17.3 Å². The Kier molecular flexibility index (Phi) is 4.83. The number of nitrogens with zero attached hydrogens (tertiary/aromatic N) is 2. The smallest absolute Gasteiger partial charge is 0.272 e. The van der Waals surface area contributed by atoms with Gasteiger partial charge in [-0.3, -0.25) is 9.59 Å². The Labute approximate surface area is 168 Å². The lowest BCUT2D eigenvalue weighted by Gasteiger charge is -2.13. The summed E-state index contributed by atoms with van der Waals surface area (Å²) in [7, 11) is -2.03. The number of fused-ring (bicyclic) bond motifs is 1. The molecule has 0 aliphatic carbocycles. The second kappa shape index (κ2) is 7.20. The van der Waals surface area contributed by atoms with E-state index >= 15 is 0 Å². The zero-order chi connectivity index (χ0) is 20.8. The number of nitrogens with one attached hydrogen (secondary N) is 1. The zero-order valence-electron chi connectivity index (χ0n) is 16.1. The van der Waals surface area contributed by atoms with Gasteiger partial charge < -0.3 is 19.4 Å². The fourth-order valence-corrected chi connectivity index (χ4v) is 5.09. The fraction of sp³-hybridized carbons (Fsp3) is 0.368. The maximum absolute atomic E-state index is 12.8. The van der Waals surface area contributed by atoms with E-state index in [0.29, 0.717) is 24.6 Å². The van der Waals surface area contributed by atoms with Gasteiger partial charge in [0, 0.05) is 38.0 Å². The Morgan fingerprint density at radius 3 is 2.38 bits per heavy atom. The molecule has 4 rings (SSSR count). The number of carbonyl (C=O) groups is 2. The predicted molar refractivity (Wildman–Crippen MR) is 104 cm³/mol. The summed E-state index contributed by atoms with van der Waals surface area (Å²) in [5, 5.41) is 2.69. The third-order valence-electron chi connectivity index (χ3n) is 5.06. The van der Waals surface area contributed by atoms with E-state index in [4.69, 9.17) is 9.47 Å². The average molecular weight is 419 g/mol. The molecule has 1 aromatic carbocycles. The minimum atomic E-state index is -3.63. The van der Waals surface area contributed by atoms with E-state index in [-0.39, 0.29) is 34.4 Å². The number of benzene rings is 1. The van der Waals surface area contributed by atoms with Gasteiger partial charge in [-0.05, 0) is 31.9 Å². The standard InChI is InChI=1S/C19H21N3O6S/c1-12(23)14-8-17-18(28-11-27-17)9-15(14)20-19(24)16-7-13(10-21(16)2)29(25,26)22-5-3-4-6-22/h7-10H,3-6,11H2,1-2H3,(H,20,24). The second-order valence-electron chi connectivity index (χ2n) is 7.04. The topological polar surface area (TPSA) is 107 Å². The van der Waals surface area contributed by atoms with Gasteiger partial charge in [0.05, 0.1) is 5.69 Å². The van der Waals surface area contributed by atoms with Crippen LogP contribution in [0.5, 0.6) is 11.5 Å². The van der Waals surface area contributed by atoms with Crippen LogP contribution in [0, 0.1) is 0 Å². The summed E-state index contributed by atoms with van der Waals surface area (Å²) in [5.41, 5.74) is 0.716. The zero-order valence-corrected chi connectivity index (χ0v) is 16.9. The molecule has 1 amide bonds. The maximum atomic E-state index is 12.8. The molecule has 2 aliphatic rings. The number of carbonyl (C=O) groups excluding carboxylic acids is 2. The second-order valence-corrected chi connectivity index (χ2v) is 8.98. The van der Waals surface area contributed by atoms with E-state index in [1.54, 1.807) is 7.05 Å². The van der Waals surface area contributed by atoms with Gasteiger partial charge in [-0.1, -0.05) is 0 Å². The van der Waals surface area contributed by atoms with E-state index in [1.807, 2.05) is 0 Å². The van der Waals surface area contributed by atoms with Gasteiger partial charge >= 0.3 is 0 Å². The van der Waals surface area contributed by atoms with E-state index in [2.05, 4.69) is 5.32 Å². The van der Waals surface area contributed by atoms with Gasteiger partial charge in [-0.25, -0.2) is 8.42 Å². The predicted octanol–water partition coefficient (Wildman–Crippen LogP) is 1.99. The summed E-state index contributed by atoms with van der Waals surface area (Å²) < 4.78 is 39.0. The molecule has 0 radical (unpaired) electrons. The van der Waals surface area contributed by atoms with Gasteiger partial charge in [-0.15, -0.1) is 0 Å². The number of hydrogen-bond donors (Lipinski definition) is 1. The average Bonchev–Trinajstić information content (AvgIpc) is 3.41. The normalized spacial score (nSPS) is 16.2. The van der Waals surface area contributed by atoms with E-state index < -0.39 is 15.9 Å². The number of amides is 1. The molecule has 1 saturated heterocycles. The van der Waals surface area contributed by atoms with Crippen LogP contribution < -0.4 is 14.8 Å². The van der Waals surface area contributed by atoms with Gasteiger partial charge in [0.1, 0.15) is 10.6 Å². The van der Waals surface area contributed by atoms with Crippen LogP contribution in [0.4, 0.5) is 5.69 Å². The molecule has 0 unspecified atom stereocenters. The molecule has 10 heteroatoms. The highest BCUT2D eigenvalue weighted by molar-refractivity contribution is 7.89. The number of rotatable bonds is 5. The van der Waals surface area contributed by atoms with Gasteiger partial charge in [0.25, 0.3) is 5.91 Å². The highest BCUT2D eigenvalue weighted by Gasteiger charge is 2.30. The van der Waals surface area contributed by atoms with Gasteiger partial charge in [0.2, 0.25) is 16.8 Å². The third-order valence-corrected chi connectivity index (χ3v) is 6.92. The van der Waals surface area contributed by atoms with Crippen LogP contribution in [0.15, 0.2) is 29.3 Å². The number of ether oxygens (including phenoxy) is 2. The quantitative estimate of drug-likeness (QED) is 0.743. The summed E-state index contributed by atoms with van der Waals surface area (Å²) in [6, 6.07) is 4.40. The Balaban J connectivity index is 1.63. The summed E-state index contributed by atoms with van der Waals surface area (Å²) >= 11 is 0. The summed E-state index contributed by atoms with van der Waals surface area (Å²) in [5.74, 6) is 0.0834. The Morgan fingerprint density at radius 1 is 1.07 bits per heavy atom. The van der Waals surface area contributed by atoms with Gasteiger partial charge in [-0.2, -0.15) is 4.31 Å². The van der Waals surface area contributed by atoms with Crippen molar-refractivity contribution in [3.8, 4) is 11.5 Å². The Morgan fingerprint density at radius 2 is 1.72 bits per heavy atom. The molecule has 1 aromatic heterocycles. The molecule has 1 fully saturated rings. The molecule has 154 valence electrons. The highest BCUT2D eigenvalue weighted by Crippen LogP contribution is 2.37. The lowest BCUT2D eigenvalue weighted by Crippen LogP contribution is -2.27. The molecule has 0 spiro atoms. The summed E-state index contributed by atoms with van der Waals surface area (Å²) in [6.45, 7) is 2.39. The van der Waals surface area contributed by atoms with E-state index in [9.17, 15) is 18.0 Å². The number of ketones is 1. The first kappa shape index (κ1) is 19.5. The number of sulfonamides is 1. The fourth-order valence-electron chi connectivity index (χ4n) is 3.50. The highest BCUT2D eigenvalue weighted by atomic mass is 32.2. The molecule has 0 bridgehead atoms. The minimum absolute atomic E-state index is 0.0413. The van der Waals surface area contributed by atoms with Crippen molar-refractivity contribution in [2.24, 2.45) is 7.05 Å². The lowest BCUT2D eigenvalue weighted by molar-refractivity contribution is 0.101. The monoisotopic (exact) mass is 419 g/mol. The van der Waals surface area contributed by atoms with E-state index in [0.717, 1.165) is 12.8 Å². The lowest BCUT2D eigenvalue weighted by atomic mass is 10.1. The molecular formula is C19H21N3O6S. The van der Waals surface area contributed by atoms with Crippen LogP contribution in [-0.4, -0.2) is 48.9 Å². The number of hydrogen-bond acceptors (Lipinski definition) is 6. The summed E-state index contributed by atoms with van der Waals surface area (Å²) in [4.78, 5) is 24.9. The molecule has 3 heterocycles. The molecule has 2 aromatic rings. The minimum Gasteiger partial charge on any atom is -0.454 e.